The van der Waals surface area contributed by atoms with Crippen molar-refractivity contribution in [3.8, 4) is 11.3 Å². The van der Waals surface area contributed by atoms with Crippen molar-refractivity contribution in [1.82, 2.24) is 19.7 Å². The van der Waals surface area contributed by atoms with E-state index in [1.165, 1.54) is 23.9 Å². The third-order valence-electron chi connectivity index (χ3n) is 6.06. The highest BCUT2D eigenvalue weighted by atomic mass is 16.5. The first kappa shape index (κ1) is 16.0. The topological polar surface area (TPSA) is 43.2 Å². The lowest BCUT2D eigenvalue weighted by Gasteiger charge is -2.23. The van der Waals surface area contributed by atoms with Gasteiger partial charge >= 0.3 is 0 Å². The summed E-state index contributed by atoms with van der Waals surface area (Å²) < 4.78 is 7.48. The second-order valence-electron chi connectivity index (χ2n) is 7.60. The van der Waals surface area contributed by atoms with E-state index in [9.17, 15) is 0 Å². The van der Waals surface area contributed by atoms with Gasteiger partial charge in [0.15, 0.2) is 0 Å². The van der Waals surface area contributed by atoms with Crippen molar-refractivity contribution in [2.24, 2.45) is 0 Å². The van der Waals surface area contributed by atoms with Crippen LogP contribution in [-0.4, -0.2) is 53.0 Å². The van der Waals surface area contributed by atoms with Gasteiger partial charge in [-0.2, -0.15) is 5.10 Å². The van der Waals surface area contributed by atoms with Crippen LogP contribution >= 0.6 is 0 Å². The van der Waals surface area contributed by atoms with Gasteiger partial charge in [0.05, 0.1) is 17.8 Å². The lowest BCUT2D eigenvalue weighted by atomic mass is 9.82. The van der Waals surface area contributed by atoms with E-state index in [1.807, 2.05) is 18.3 Å². The van der Waals surface area contributed by atoms with E-state index in [0.29, 0.717) is 0 Å². The van der Waals surface area contributed by atoms with Crippen molar-refractivity contribution < 1.29 is 4.74 Å². The maximum atomic E-state index is 5.26. The second-order valence-corrected chi connectivity index (χ2v) is 7.60. The van der Waals surface area contributed by atoms with Gasteiger partial charge in [-0.25, -0.2) is 0 Å². The molecule has 0 radical (unpaired) electrons. The average Bonchev–Trinajstić information content (AvgIpc) is 3.37. The summed E-state index contributed by atoms with van der Waals surface area (Å²) in [5.41, 5.74) is 4.86. The molecule has 0 N–H and O–H groups in total. The molecule has 2 aromatic heterocycles. The Labute approximate surface area is 153 Å². The van der Waals surface area contributed by atoms with Crippen LogP contribution in [-0.2, 0) is 16.7 Å². The van der Waals surface area contributed by atoms with Gasteiger partial charge in [0.2, 0.25) is 0 Å². The number of methoxy groups -OCH3 is 1. The number of hydrogen-bond donors (Lipinski definition) is 0. The molecule has 0 aliphatic carbocycles. The number of benzene rings is 1. The van der Waals surface area contributed by atoms with Crippen LogP contribution < -0.4 is 0 Å². The Hall–Kier alpha value is -2.24. The zero-order valence-electron chi connectivity index (χ0n) is 15.2. The first-order chi connectivity index (χ1) is 12.8. The lowest BCUT2D eigenvalue weighted by molar-refractivity contribution is 0.157. The Kier molecular flexibility index (Phi) is 3.80. The van der Waals surface area contributed by atoms with Crippen molar-refractivity contribution in [2.45, 2.75) is 24.8 Å². The van der Waals surface area contributed by atoms with Gasteiger partial charge in [-0.15, -0.1) is 0 Å². The summed E-state index contributed by atoms with van der Waals surface area (Å²) in [4.78, 5) is 7.13. The zero-order valence-corrected chi connectivity index (χ0v) is 15.2. The van der Waals surface area contributed by atoms with E-state index < -0.39 is 0 Å². The summed E-state index contributed by atoms with van der Waals surface area (Å²) in [6.45, 7) is 5.13. The molecule has 26 heavy (non-hydrogen) atoms. The van der Waals surface area contributed by atoms with Crippen LogP contribution in [0.15, 0.2) is 42.6 Å². The minimum atomic E-state index is 0.267. The highest BCUT2D eigenvalue weighted by Gasteiger charge is 2.45. The van der Waals surface area contributed by atoms with Crippen molar-refractivity contribution in [2.75, 3.05) is 33.4 Å². The molecule has 3 aromatic rings. The molecule has 1 fully saturated rings. The molecule has 4 heterocycles. The van der Waals surface area contributed by atoms with E-state index in [2.05, 4.69) is 38.8 Å². The third-order valence-corrected chi connectivity index (χ3v) is 6.06. The fourth-order valence-electron chi connectivity index (χ4n) is 4.60. The van der Waals surface area contributed by atoms with Crippen LogP contribution in [0.2, 0.25) is 0 Å². The summed E-state index contributed by atoms with van der Waals surface area (Å²) in [5.74, 6) is 0. The first-order valence-electron chi connectivity index (χ1n) is 9.42. The largest absolute Gasteiger partial charge is 0.383 e. The van der Waals surface area contributed by atoms with Gasteiger partial charge in [-0.05, 0) is 37.6 Å². The van der Waals surface area contributed by atoms with Crippen LogP contribution in [0.1, 0.15) is 18.5 Å². The van der Waals surface area contributed by atoms with Crippen molar-refractivity contribution in [3.05, 3.63) is 48.3 Å². The SMILES string of the molecule is COCCN1CCC2(CCn3nc(-c4cnc5ccccc5c4)cc32)C1. The zero-order chi connectivity index (χ0) is 17.6. The fourth-order valence-corrected chi connectivity index (χ4v) is 4.60. The highest BCUT2D eigenvalue weighted by Crippen LogP contribution is 2.43. The van der Waals surface area contributed by atoms with E-state index in [-0.39, 0.29) is 5.41 Å². The van der Waals surface area contributed by atoms with Crippen molar-refractivity contribution in [3.63, 3.8) is 0 Å². The maximum Gasteiger partial charge on any atom is 0.0941 e. The number of fused-ring (bicyclic) bond motifs is 3. The number of pyridine rings is 1. The molecule has 1 aromatic carbocycles. The molecular weight excluding hydrogens is 324 g/mol. The van der Waals surface area contributed by atoms with Gasteiger partial charge in [0.25, 0.3) is 0 Å². The van der Waals surface area contributed by atoms with E-state index in [4.69, 9.17) is 9.84 Å². The summed E-state index contributed by atoms with van der Waals surface area (Å²) in [6.07, 6.45) is 4.37. The Morgan fingerprint density at radius 1 is 1.15 bits per heavy atom. The number of nitrogens with zero attached hydrogens (tertiary/aromatic N) is 4. The molecule has 0 saturated carbocycles. The van der Waals surface area contributed by atoms with Crippen LogP contribution in [0.5, 0.6) is 0 Å². The van der Waals surface area contributed by atoms with Crippen LogP contribution in [0.3, 0.4) is 0 Å². The molecule has 5 rings (SSSR count). The lowest BCUT2D eigenvalue weighted by Crippen LogP contribution is -2.31. The van der Waals surface area contributed by atoms with Crippen LogP contribution in [0, 0.1) is 0 Å². The molecule has 1 spiro atoms. The normalized spacial score (nSPS) is 22.5. The number of rotatable bonds is 4. The summed E-state index contributed by atoms with van der Waals surface area (Å²) in [7, 11) is 1.78. The van der Waals surface area contributed by atoms with Gasteiger partial charge in [-0.1, -0.05) is 18.2 Å². The molecule has 1 atom stereocenters. The quantitative estimate of drug-likeness (QED) is 0.727. The first-order valence-corrected chi connectivity index (χ1v) is 9.42. The molecule has 0 bridgehead atoms. The summed E-state index contributed by atoms with van der Waals surface area (Å²) >= 11 is 0. The van der Waals surface area contributed by atoms with E-state index in [0.717, 1.165) is 49.6 Å². The minimum Gasteiger partial charge on any atom is -0.383 e. The van der Waals surface area contributed by atoms with E-state index >= 15 is 0 Å². The van der Waals surface area contributed by atoms with E-state index in [1.54, 1.807) is 7.11 Å². The standard InChI is InChI=1S/C21H24N4O/c1-26-11-10-24-8-6-21(15-24)7-9-25-20(21)13-19(23-25)17-12-16-4-2-3-5-18(16)22-14-17/h2-5,12-14H,6-11,15H2,1H3. The monoisotopic (exact) mass is 348 g/mol. The predicted octanol–water partition coefficient (Wildman–Crippen LogP) is 3.09. The smallest absolute Gasteiger partial charge is 0.0941 e. The molecule has 1 unspecified atom stereocenters. The minimum absolute atomic E-state index is 0.267. The number of ether oxygens (including phenoxy) is 1. The molecular formula is C21H24N4O. The molecule has 5 heteroatoms. The predicted molar refractivity (Wildman–Crippen MR) is 102 cm³/mol. The van der Waals surface area contributed by atoms with Crippen LogP contribution in [0.4, 0.5) is 0 Å². The number of aromatic nitrogens is 3. The molecule has 2 aliphatic rings. The fraction of sp³-hybridized carbons (Fsp3) is 0.429. The van der Waals surface area contributed by atoms with Gasteiger partial charge in [0, 0.05) is 55.0 Å². The summed E-state index contributed by atoms with van der Waals surface area (Å²) in [5, 5.41) is 6.07. The summed E-state index contributed by atoms with van der Waals surface area (Å²) in [6, 6.07) is 12.8. The molecule has 0 amide bonds. The van der Waals surface area contributed by atoms with Crippen molar-refractivity contribution in [1.29, 1.82) is 0 Å². The number of hydrogen-bond acceptors (Lipinski definition) is 4. The second kappa shape index (κ2) is 6.18. The molecule has 1 saturated heterocycles. The molecule has 134 valence electrons. The van der Waals surface area contributed by atoms with Crippen LogP contribution in [0.25, 0.3) is 22.2 Å². The van der Waals surface area contributed by atoms with Gasteiger partial charge in [-0.3, -0.25) is 9.67 Å². The maximum absolute atomic E-state index is 5.26. The molecule has 5 nitrogen and oxygen atoms in total. The number of para-hydroxylation sites is 1. The third kappa shape index (κ3) is 2.54. The van der Waals surface area contributed by atoms with Gasteiger partial charge in [0.1, 0.15) is 0 Å². The Bertz CT molecular complexity index is 950. The molecule has 2 aliphatic heterocycles. The highest BCUT2D eigenvalue weighted by molar-refractivity contribution is 5.82. The average molecular weight is 348 g/mol. The number of aryl methyl sites for hydroxylation is 1. The van der Waals surface area contributed by atoms with Gasteiger partial charge < -0.3 is 9.64 Å². The van der Waals surface area contributed by atoms with Crippen molar-refractivity contribution >= 4 is 10.9 Å². The Morgan fingerprint density at radius 3 is 2.96 bits per heavy atom. The Morgan fingerprint density at radius 2 is 2.04 bits per heavy atom. The number of likely N-dealkylation sites (tertiary alicyclic amines) is 1. The Balaban J connectivity index is 1.46.